The molecule has 3 heteroatoms. The third kappa shape index (κ3) is 4.79. The van der Waals surface area contributed by atoms with Crippen LogP contribution < -0.4 is 10.4 Å². The molecule has 1 heterocycles. The Morgan fingerprint density at radius 1 is 0.379 bits per heavy atom. The zero-order valence-electron chi connectivity index (χ0n) is 32.8. The van der Waals surface area contributed by atoms with Crippen LogP contribution >= 0.6 is 0 Å². The van der Waals surface area contributed by atoms with Gasteiger partial charge in [0.2, 0.25) is 0 Å². The second-order valence-corrected chi connectivity index (χ2v) is 21.1. The fourth-order valence-corrected chi connectivity index (χ4v) is 13.4. The molecule has 0 spiro atoms. The molecular formula is C55H42O2Si-. The van der Waals surface area contributed by atoms with Gasteiger partial charge in [-0.15, -0.1) is 0 Å². The van der Waals surface area contributed by atoms with Crippen molar-refractivity contribution < 1.29 is 10.2 Å². The molecule has 0 saturated carbocycles. The molecule has 1 aliphatic heterocycles. The number of benzene rings is 9. The molecule has 0 bridgehead atoms. The minimum Gasteiger partial charge on any atom is -0.376 e. The topological polar surface area (TPSA) is 40.5 Å². The van der Waals surface area contributed by atoms with Crippen LogP contribution in [0.4, 0.5) is 0 Å². The molecule has 0 fully saturated rings. The van der Waals surface area contributed by atoms with Crippen molar-refractivity contribution in [3.63, 3.8) is 0 Å². The highest BCUT2D eigenvalue weighted by Crippen LogP contribution is 2.55. The Hall–Kier alpha value is -6.36. The Bertz CT molecular complexity index is 3130. The Labute approximate surface area is 340 Å². The van der Waals surface area contributed by atoms with E-state index in [0.29, 0.717) is 16.7 Å². The van der Waals surface area contributed by atoms with Gasteiger partial charge >= 0.3 is 0 Å². The molecule has 0 radical (unpaired) electrons. The predicted molar refractivity (Wildman–Crippen MR) is 243 cm³/mol. The van der Waals surface area contributed by atoms with E-state index >= 15 is 0 Å². The first-order chi connectivity index (χ1) is 28.2. The molecule has 2 unspecified atom stereocenters. The van der Waals surface area contributed by atoms with Crippen LogP contribution in [0, 0.1) is 6.92 Å². The minimum absolute atomic E-state index is 0.679. The summed E-state index contributed by atoms with van der Waals surface area (Å²) < 4.78 is 0. The molecule has 9 aromatic rings. The van der Waals surface area contributed by atoms with E-state index < -0.39 is 19.3 Å². The van der Waals surface area contributed by atoms with Gasteiger partial charge in [0.25, 0.3) is 0 Å². The maximum absolute atomic E-state index is 13.8. The van der Waals surface area contributed by atoms with Gasteiger partial charge in [0.1, 0.15) is 11.2 Å². The molecule has 0 amide bonds. The van der Waals surface area contributed by atoms with E-state index in [1.807, 2.05) is 66.7 Å². The van der Waals surface area contributed by atoms with Crippen LogP contribution in [0.15, 0.2) is 188 Å². The summed E-state index contributed by atoms with van der Waals surface area (Å²) in [6, 6.07) is 65.8. The third-order valence-corrected chi connectivity index (χ3v) is 16.9. The third-order valence-electron chi connectivity index (χ3n) is 13.3. The van der Waals surface area contributed by atoms with Gasteiger partial charge in [0.05, 0.1) is 0 Å². The Kier molecular flexibility index (Phi) is 7.55. The number of aryl methyl sites for hydroxylation is 1. The molecule has 279 valence electrons. The van der Waals surface area contributed by atoms with Crippen LogP contribution in [0.1, 0.15) is 38.9 Å². The van der Waals surface area contributed by atoms with Crippen molar-refractivity contribution in [2.75, 3.05) is 0 Å². The molecule has 11 rings (SSSR count). The summed E-state index contributed by atoms with van der Waals surface area (Å²) in [5, 5.41) is 35.0. The van der Waals surface area contributed by atoms with E-state index in [1.165, 1.54) is 43.4 Å². The SMILES string of the molecule is Cc1ccc(-c2ccc3c(c2)[Si-](C)(C)c2cc4c(cc2-3)C(O)(c2ccccc2)c2ccc(-c3cccc5ccccc35)cc2C4(O)c2ccccc2)c2ccccc12. The second-order valence-electron chi connectivity index (χ2n) is 16.7. The van der Waals surface area contributed by atoms with E-state index in [0.717, 1.165) is 44.2 Å². The minimum atomic E-state index is -2.35. The van der Waals surface area contributed by atoms with Crippen LogP contribution in [-0.2, 0) is 11.2 Å². The summed E-state index contributed by atoms with van der Waals surface area (Å²) >= 11 is 0. The summed E-state index contributed by atoms with van der Waals surface area (Å²) in [5.41, 5.74) is 9.38. The van der Waals surface area contributed by atoms with Crippen molar-refractivity contribution in [3.8, 4) is 33.4 Å². The van der Waals surface area contributed by atoms with Crippen LogP contribution in [-0.4, -0.2) is 18.3 Å². The van der Waals surface area contributed by atoms with Crippen molar-refractivity contribution >= 4 is 40.0 Å². The van der Waals surface area contributed by atoms with Crippen LogP contribution in [0.3, 0.4) is 0 Å². The lowest BCUT2D eigenvalue weighted by Gasteiger charge is -2.46. The number of aliphatic hydroxyl groups is 2. The lowest BCUT2D eigenvalue weighted by molar-refractivity contribution is 0.0750. The monoisotopic (exact) mass is 762 g/mol. The molecule has 0 aromatic heterocycles. The van der Waals surface area contributed by atoms with Crippen molar-refractivity contribution in [2.45, 2.75) is 31.2 Å². The van der Waals surface area contributed by atoms with Crippen molar-refractivity contribution in [3.05, 3.63) is 227 Å². The average Bonchev–Trinajstić information content (AvgIpc) is 3.50. The van der Waals surface area contributed by atoms with Crippen molar-refractivity contribution in [1.82, 2.24) is 0 Å². The Morgan fingerprint density at radius 2 is 0.897 bits per heavy atom. The maximum atomic E-state index is 13.8. The van der Waals surface area contributed by atoms with Gasteiger partial charge in [0, 0.05) is 0 Å². The van der Waals surface area contributed by atoms with E-state index in [2.05, 4.69) is 141 Å². The van der Waals surface area contributed by atoms with Gasteiger partial charge in [-0.25, -0.2) is 0 Å². The molecule has 2 atom stereocenters. The highest BCUT2D eigenvalue weighted by atomic mass is 28.3. The summed E-state index contributed by atoms with van der Waals surface area (Å²) in [6.45, 7) is 7.04. The highest BCUT2D eigenvalue weighted by Gasteiger charge is 2.52. The van der Waals surface area contributed by atoms with Crippen LogP contribution in [0.5, 0.6) is 0 Å². The fourth-order valence-electron chi connectivity index (χ4n) is 10.3. The molecule has 58 heavy (non-hydrogen) atoms. The first-order valence-electron chi connectivity index (χ1n) is 20.2. The zero-order chi connectivity index (χ0) is 39.4. The molecule has 2 aliphatic rings. The van der Waals surface area contributed by atoms with Crippen LogP contribution in [0.2, 0.25) is 13.1 Å². The number of hydrogen-bond donors (Lipinski definition) is 2. The highest BCUT2D eigenvalue weighted by molar-refractivity contribution is 7.03. The summed E-state index contributed by atoms with van der Waals surface area (Å²) in [6.07, 6.45) is 0. The Morgan fingerprint density at radius 3 is 1.64 bits per heavy atom. The zero-order valence-corrected chi connectivity index (χ0v) is 33.8. The standard InChI is InChI=1S/C55H42O2Si/c1-35-25-28-44(45-23-13-12-21-41(35)45)38-26-29-46-47-33-50-51(34-53(47)58(2,3)52(46)32-38)55(57,40-19-8-5-9-20-40)49-31-37(43-24-14-16-36-15-10-11-22-42(36)43)27-30-48(49)54(50,56)39-17-6-4-7-18-39/h4-34,56-57H,1-3H3/q-1. The van der Waals surface area contributed by atoms with Gasteiger partial charge in [-0.2, -0.15) is 23.5 Å². The van der Waals surface area contributed by atoms with Crippen molar-refractivity contribution in [2.24, 2.45) is 0 Å². The molecule has 9 aromatic carbocycles. The first kappa shape index (κ1) is 34.9. The molecule has 2 nitrogen and oxygen atoms in total. The lowest BCUT2D eigenvalue weighted by atomic mass is 9.62. The number of rotatable bonds is 4. The maximum Gasteiger partial charge on any atom is 0.141 e. The molecule has 2 N–H and O–H groups in total. The van der Waals surface area contributed by atoms with E-state index in [1.54, 1.807) is 0 Å². The summed E-state index contributed by atoms with van der Waals surface area (Å²) in [4.78, 5) is 0. The van der Waals surface area contributed by atoms with Gasteiger partial charge in [-0.3, -0.25) is 0 Å². The van der Waals surface area contributed by atoms with Gasteiger partial charge in [-0.1, -0.05) is 201 Å². The second kappa shape index (κ2) is 12.6. The quantitative estimate of drug-likeness (QED) is 0.175. The average molecular weight is 763 g/mol. The van der Waals surface area contributed by atoms with Crippen molar-refractivity contribution in [1.29, 1.82) is 0 Å². The summed E-state index contributed by atoms with van der Waals surface area (Å²) in [5.74, 6) is 0. The Balaban J connectivity index is 1.19. The number of hydrogen-bond acceptors (Lipinski definition) is 2. The van der Waals surface area contributed by atoms with E-state index in [4.69, 9.17) is 0 Å². The van der Waals surface area contributed by atoms with Crippen LogP contribution in [0.25, 0.3) is 54.9 Å². The summed E-state index contributed by atoms with van der Waals surface area (Å²) in [7, 11) is -2.35. The number of fused-ring (bicyclic) bond motifs is 7. The molecule has 0 saturated heterocycles. The van der Waals surface area contributed by atoms with Gasteiger partial charge in [0.15, 0.2) is 0 Å². The predicted octanol–water partition coefficient (Wildman–Crippen LogP) is 11.3. The molecule has 1 aliphatic carbocycles. The smallest absolute Gasteiger partial charge is 0.141 e. The van der Waals surface area contributed by atoms with E-state index in [-0.39, 0.29) is 0 Å². The lowest BCUT2D eigenvalue weighted by Crippen LogP contribution is -2.51. The van der Waals surface area contributed by atoms with Gasteiger partial charge < -0.3 is 10.2 Å². The van der Waals surface area contributed by atoms with E-state index in [9.17, 15) is 10.2 Å². The fraction of sp³-hybridized carbons (Fsp3) is 0.0909. The first-order valence-corrected chi connectivity index (χ1v) is 23.2. The molecular weight excluding hydrogens is 721 g/mol. The van der Waals surface area contributed by atoms with Gasteiger partial charge in [-0.05, 0) is 95.7 Å². The normalized spacial score (nSPS) is 18.7. The largest absolute Gasteiger partial charge is 0.376 e.